The number of carbonyl (C=O) groups excluding carboxylic acids is 1. The number of nitrogens with one attached hydrogen (secondary N) is 1. The maximum Gasteiger partial charge on any atom is 0.271 e. The predicted octanol–water partition coefficient (Wildman–Crippen LogP) is 4.89. The van der Waals surface area contributed by atoms with E-state index in [0.717, 1.165) is 27.6 Å². The van der Waals surface area contributed by atoms with E-state index < -0.39 is 10.0 Å². The molecule has 0 saturated heterocycles. The van der Waals surface area contributed by atoms with Crippen LogP contribution in [0.4, 0.5) is 5.69 Å². The summed E-state index contributed by atoms with van der Waals surface area (Å²) in [4.78, 5) is 17.1. The minimum Gasteiger partial charge on any atom is -0.306 e. The van der Waals surface area contributed by atoms with Crippen molar-refractivity contribution in [2.24, 2.45) is 5.10 Å². The SMILES string of the molecule is C/C(=N\NC(=O)c1ccc(CN2c3cccc4cccc(c34)S2(=O)=O)cc1)c1ccc(-n2ccnc2)cc1. The fourth-order valence-electron chi connectivity index (χ4n) is 4.61. The van der Waals surface area contributed by atoms with Crippen molar-refractivity contribution < 1.29 is 13.2 Å². The number of nitrogens with zero attached hydrogens (tertiary/aromatic N) is 4. The van der Waals surface area contributed by atoms with Crippen LogP contribution in [0.5, 0.6) is 0 Å². The Bertz CT molecular complexity index is 1790. The average Bonchev–Trinajstić information content (AvgIpc) is 3.56. The summed E-state index contributed by atoms with van der Waals surface area (Å²) < 4.78 is 29.8. The summed E-state index contributed by atoms with van der Waals surface area (Å²) in [5.41, 5.74) is 6.99. The Labute approximate surface area is 219 Å². The Kier molecular flexibility index (Phi) is 5.77. The Balaban J connectivity index is 1.14. The molecule has 0 bridgehead atoms. The first-order chi connectivity index (χ1) is 18.4. The van der Waals surface area contributed by atoms with Crippen LogP contribution in [0.15, 0.2) is 114 Å². The van der Waals surface area contributed by atoms with Gasteiger partial charge >= 0.3 is 0 Å². The highest BCUT2D eigenvalue weighted by atomic mass is 32.2. The highest BCUT2D eigenvalue weighted by Gasteiger charge is 2.35. The van der Waals surface area contributed by atoms with E-state index in [4.69, 9.17) is 0 Å². The first kappa shape index (κ1) is 23.6. The summed E-state index contributed by atoms with van der Waals surface area (Å²) in [5.74, 6) is -0.350. The van der Waals surface area contributed by atoms with Gasteiger partial charge < -0.3 is 4.57 Å². The van der Waals surface area contributed by atoms with Crippen LogP contribution in [0.3, 0.4) is 0 Å². The molecule has 0 fully saturated rings. The van der Waals surface area contributed by atoms with Gasteiger partial charge in [0.05, 0.1) is 29.2 Å². The average molecular weight is 522 g/mol. The standard InChI is InChI=1S/C29H23N5O3S/c1-20(22-12-14-25(15-13-22)33-17-16-30-19-33)31-32-29(35)24-10-8-21(9-11-24)18-34-26-6-2-4-23-5-3-7-27(28(23)26)38(34,36)37/h2-17,19H,18H2,1H3,(H,32,35)/b31-20+. The zero-order valence-corrected chi connectivity index (χ0v) is 21.3. The normalized spacial score (nSPS) is 14.1. The third kappa shape index (κ3) is 4.12. The van der Waals surface area contributed by atoms with Gasteiger partial charge in [-0.1, -0.05) is 48.5 Å². The topological polar surface area (TPSA) is 96.7 Å². The molecular weight excluding hydrogens is 498 g/mol. The van der Waals surface area contributed by atoms with Gasteiger partial charge in [0.25, 0.3) is 15.9 Å². The van der Waals surface area contributed by atoms with Gasteiger partial charge in [-0.25, -0.2) is 18.8 Å². The third-order valence-corrected chi connectivity index (χ3v) is 8.44. The van der Waals surface area contributed by atoms with E-state index in [0.29, 0.717) is 21.9 Å². The molecule has 9 heteroatoms. The van der Waals surface area contributed by atoms with E-state index in [1.807, 2.05) is 66.2 Å². The summed E-state index contributed by atoms with van der Waals surface area (Å²) in [6.07, 6.45) is 5.31. The summed E-state index contributed by atoms with van der Waals surface area (Å²) in [5, 5.41) is 5.88. The summed E-state index contributed by atoms with van der Waals surface area (Å²) in [6.45, 7) is 2.00. The molecule has 1 aromatic heterocycles. The summed E-state index contributed by atoms with van der Waals surface area (Å²) >= 11 is 0. The maximum atomic E-state index is 13.2. The number of hydrazone groups is 1. The number of anilines is 1. The number of imidazole rings is 1. The van der Waals surface area contributed by atoms with Crippen LogP contribution in [0.2, 0.25) is 0 Å². The highest BCUT2D eigenvalue weighted by molar-refractivity contribution is 7.93. The molecule has 1 N–H and O–H groups in total. The summed E-state index contributed by atoms with van der Waals surface area (Å²) in [7, 11) is -3.65. The molecule has 0 atom stereocenters. The molecule has 2 heterocycles. The van der Waals surface area contributed by atoms with E-state index in [1.165, 1.54) is 4.31 Å². The van der Waals surface area contributed by atoms with Crippen molar-refractivity contribution in [3.63, 3.8) is 0 Å². The number of carbonyl (C=O) groups is 1. The van der Waals surface area contributed by atoms with E-state index in [2.05, 4.69) is 15.5 Å². The maximum absolute atomic E-state index is 13.2. The van der Waals surface area contributed by atoms with E-state index >= 15 is 0 Å². The van der Waals surface area contributed by atoms with Gasteiger partial charge in [0.1, 0.15) is 0 Å². The van der Waals surface area contributed by atoms with E-state index in [1.54, 1.807) is 48.9 Å². The van der Waals surface area contributed by atoms with Crippen LogP contribution in [0.25, 0.3) is 16.5 Å². The number of amides is 1. The predicted molar refractivity (Wildman–Crippen MR) is 147 cm³/mol. The molecule has 38 heavy (non-hydrogen) atoms. The molecule has 0 saturated carbocycles. The molecule has 0 spiro atoms. The monoisotopic (exact) mass is 521 g/mol. The minimum atomic E-state index is -3.65. The number of rotatable bonds is 6. The lowest BCUT2D eigenvalue weighted by molar-refractivity contribution is 0.0955. The van der Waals surface area contributed by atoms with Crippen molar-refractivity contribution in [2.75, 3.05) is 4.31 Å². The van der Waals surface area contributed by atoms with Crippen molar-refractivity contribution >= 4 is 38.1 Å². The fourth-order valence-corrected chi connectivity index (χ4v) is 6.30. The van der Waals surface area contributed by atoms with Crippen molar-refractivity contribution in [1.29, 1.82) is 0 Å². The van der Waals surface area contributed by atoms with Crippen molar-refractivity contribution in [3.8, 4) is 5.69 Å². The van der Waals surface area contributed by atoms with Gasteiger partial charge in [-0.2, -0.15) is 5.10 Å². The van der Waals surface area contributed by atoms with Crippen LogP contribution >= 0.6 is 0 Å². The first-order valence-electron chi connectivity index (χ1n) is 12.0. The molecule has 1 aliphatic rings. The van der Waals surface area contributed by atoms with Crippen molar-refractivity contribution in [2.45, 2.75) is 18.4 Å². The number of benzene rings is 4. The van der Waals surface area contributed by atoms with E-state index in [-0.39, 0.29) is 12.5 Å². The zero-order chi connectivity index (χ0) is 26.3. The Hall–Kier alpha value is -4.76. The molecule has 5 aromatic rings. The number of aromatic nitrogens is 2. The van der Waals surface area contributed by atoms with E-state index in [9.17, 15) is 13.2 Å². The fraction of sp³-hybridized carbons (Fsp3) is 0.0690. The lowest BCUT2D eigenvalue weighted by Crippen LogP contribution is -2.26. The molecule has 0 aliphatic carbocycles. The summed E-state index contributed by atoms with van der Waals surface area (Å²) in [6, 6.07) is 25.6. The Morgan fingerprint density at radius 2 is 1.63 bits per heavy atom. The molecule has 188 valence electrons. The second kappa shape index (κ2) is 9.28. The van der Waals surface area contributed by atoms with Crippen LogP contribution in [0.1, 0.15) is 28.4 Å². The molecule has 1 aliphatic heterocycles. The lowest BCUT2D eigenvalue weighted by Gasteiger charge is -2.19. The second-order valence-electron chi connectivity index (χ2n) is 8.99. The third-order valence-electron chi connectivity index (χ3n) is 6.64. The van der Waals surface area contributed by atoms with Gasteiger partial charge in [0.2, 0.25) is 0 Å². The molecular formula is C29H23N5O3S. The minimum absolute atomic E-state index is 0.171. The van der Waals surface area contributed by atoms with Crippen LogP contribution in [-0.2, 0) is 16.6 Å². The first-order valence-corrected chi connectivity index (χ1v) is 13.4. The van der Waals surface area contributed by atoms with Gasteiger partial charge in [-0.15, -0.1) is 0 Å². The molecule has 0 unspecified atom stereocenters. The van der Waals surface area contributed by atoms with Gasteiger partial charge in [0.15, 0.2) is 0 Å². The quantitative estimate of drug-likeness (QED) is 0.254. The van der Waals surface area contributed by atoms with Crippen LogP contribution in [0, 0.1) is 0 Å². The van der Waals surface area contributed by atoms with Gasteiger partial charge in [0, 0.05) is 29.0 Å². The largest absolute Gasteiger partial charge is 0.306 e. The smallest absolute Gasteiger partial charge is 0.271 e. The van der Waals surface area contributed by atoms with Crippen LogP contribution < -0.4 is 9.73 Å². The number of sulfonamides is 1. The van der Waals surface area contributed by atoms with Crippen molar-refractivity contribution in [1.82, 2.24) is 15.0 Å². The second-order valence-corrected chi connectivity index (χ2v) is 10.8. The number of hydrogen-bond acceptors (Lipinski definition) is 5. The Morgan fingerprint density at radius 3 is 2.34 bits per heavy atom. The van der Waals surface area contributed by atoms with Gasteiger partial charge in [-0.3, -0.25) is 9.10 Å². The van der Waals surface area contributed by atoms with Crippen LogP contribution in [-0.4, -0.2) is 29.6 Å². The Morgan fingerprint density at radius 1 is 0.921 bits per heavy atom. The van der Waals surface area contributed by atoms with Crippen molar-refractivity contribution in [3.05, 3.63) is 120 Å². The van der Waals surface area contributed by atoms with Gasteiger partial charge in [-0.05, 0) is 59.8 Å². The highest BCUT2D eigenvalue weighted by Crippen LogP contribution is 2.42. The molecule has 4 aromatic carbocycles. The lowest BCUT2D eigenvalue weighted by atomic mass is 10.1. The molecule has 8 nitrogen and oxygen atoms in total. The molecule has 0 radical (unpaired) electrons. The number of hydrogen-bond donors (Lipinski definition) is 1. The zero-order valence-electron chi connectivity index (χ0n) is 20.4. The molecule has 1 amide bonds. The molecule has 6 rings (SSSR count).